The van der Waals surface area contributed by atoms with Crippen molar-refractivity contribution in [3.63, 3.8) is 0 Å². The van der Waals surface area contributed by atoms with Crippen LogP contribution in [0.4, 0.5) is 0 Å². The summed E-state index contributed by atoms with van der Waals surface area (Å²) in [4.78, 5) is 31.8. The second kappa shape index (κ2) is 10.2. The van der Waals surface area contributed by atoms with Crippen molar-refractivity contribution in [2.45, 2.75) is 32.1 Å². The number of pyridine rings is 1. The van der Waals surface area contributed by atoms with Crippen LogP contribution in [-0.2, 0) is 0 Å². The van der Waals surface area contributed by atoms with Gasteiger partial charge < -0.3 is 10.2 Å². The lowest BCUT2D eigenvalue weighted by molar-refractivity contribution is 0.0686. The lowest BCUT2D eigenvalue weighted by Gasteiger charge is -2.32. The van der Waals surface area contributed by atoms with E-state index in [1.165, 1.54) is 11.3 Å². The molecule has 0 unspecified atom stereocenters. The molecule has 1 N–H and O–H groups in total. The summed E-state index contributed by atoms with van der Waals surface area (Å²) in [6, 6.07) is 11.1. The Morgan fingerprint density at radius 2 is 1.97 bits per heavy atom. The fourth-order valence-electron chi connectivity index (χ4n) is 4.07. The summed E-state index contributed by atoms with van der Waals surface area (Å²) in [7, 11) is 0. The number of nitrogens with zero attached hydrogens (tertiary/aromatic N) is 2. The second-order valence-corrected chi connectivity index (χ2v) is 9.48. The van der Waals surface area contributed by atoms with Gasteiger partial charge in [0.2, 0.25) is 0 Å². The number of thiophene rings is 1. The molecule has 1 aliphatic rings. The number of carbonyl (C=O) groups is 2. The van der Waals surface area contributed by atoms with Crippen molar-refractivity contribution in [2.75, 3.05) is 19.6 Å². The summed E-state index contributed by atoms with van der Waals surface area (Å²) in [6.07, 6.45) is 8.78. The monoisotopic (exact) mass is 455 g/mol. The standard InChI is InChI=1S/C24H26ClN3O2S/c25-20-7-2-1-6-19(20)24(30)28-13-9-17(10-14-28)5-3-4-11-27-23(29)21-15-18-8-12-26-16-22(18)31-21/h1-2,6-8,12,15-17H,3-5,9-11,13-14H2,(H,27,29). The number of hydrogen-bond acceptors (Lipinski definition) is 4. The Bertz CT molecular complexity index is 1030. The molecular formula is C24H26ClN3O2S. The maximum atomic E-state index is 12.7. The van der Waals surface area contributed by atoms with Gasteiger partial charge in [0.15, 0.2) is 0 Å². The van der Waals surface area contributed by atoms with Gasteiger partial charge in [-0.25, -0.2) is 0 Å². The van der Waals surface area contributed by atoms with Gasteiger partial charge in [-0.2, -0.15) is 0 Å². The summed E-state index contributed by atoms with van der Waals surface area (Å²) in [6.45, 7) is 2.26. The van der Waals surface area contributed by atoms with E-state index < -0.39 is 0 Å². The average molecular weight is 456 g/mol. The number of rotatable bonds is 7. The fraction of sp³-hybridized carbons (Fsp3) is 0.375. The molecule has 0 saturated carbocycles. The van der Waals surface area contributed by atoms with Gasteiger partial charge in [0.05, 0.1) is 20.2 Å². The zero-order valence-corrected chi connectivity index (χ0v) is 18.9. The third-order valence-electron chi connectivity index (χ3n) is 5.88. The number of piperidine rings is 1. The van der Waals surface area contributed by atoms with Crippen LogP contribution in [0.15, 0.2) is 48.8 Å². The summed E-state index contributed by atoms with van der Waals surface area (Å²) in [5.41, 5.74) is 0.591. The third-order valence-corrected chi connectivity index (χ3v) is 7.29. The van der Waals surface area contributed by atoms with Gasteiger partial charge in [0.25, 0.3) is 11.8 Å². The Morgan fingerprint density at radius 3 is 2.74 bits per heavy atom. The highest BCUT2D eigenvalue weighted by Crippen LogP contribution is 2.26. The predicted octanol–water partition coefficient (Wildman–Crippen LogP) is 5.40. The van der Waals surface area contributed by atoms with Crippen LogP contribution in [0.1, 0.15) is 52.1 Å². The molecule has 0 radical (unpaired) electrons. The topological polar surface area (TPSA) is 62.3 Å². The van der Waals surface area contributed by atoms with E-state index in [1.807, 2.05) is 29.2 Å². The molecule has 1 saturated heterocycles. The molecular weight excluding hydrogens is 430 g/mol. The van der Waals surface area contributed by atoms with Crippen molar-refractivity contribution in [2.24, 2.45) is 5.92 Å². The molecule has 3 heterocycles. The summed E-state index contributed by atoms with van der Waals surface area (Å²) in [5, 5.41) is 4.61. The SMILES string of the molecule is O=C(NCCCCC1CCN(C(=O)c2ccccc2Cl)CC1)c1cc2ccncc2s1. The van der Waals surface area contributed by atoms with Crippen LogP contribution in [0.3, 0.4) is 0 Å². The van der Waals surface area contributed by atoms with E-state index in [2.05, 4.69) is 10.3 Å². The number of halogens is 1. The second-order valence-electron chi connectivity index (χ2n) is 7.99. The third kappa shape index (κ3) is 5.43. The molecule has 162 valence electrons. The number of unbranched alkanes of at least 4 members (excludes halogenated alkanes) is 1. The van der Waals surface area contributed by atoms with E-state index in [-0.39, 0.29) is 11.8 Å². The molecule has 2 aromatic heterocycles. The molecule has 0 aliphatic carbocycles. The van der Waals surface area contributed by atoms with Crippen LogP contribution >= 0.6 is 22.9 Å². The Labute approximate surface area is 191 Å². The number of benzene rings is 1. The first-order valence-electron chi connectivity index (χ1n) is 10.8. The van der Waals surface area contributed by atoms with E-state index >= 15 is 0 Å². The number of aromatic nitrogens is 1. The number of fused-ring (bicyclic) bond motifs is 1. The van der Waals surface area contributed by atoms with Gasteiger partial charge in [-0.05, 0) is 54.8 Å². The molecule has 5 nitrogen and oxygen atoms in total. The molecule has 1 aromatic carbocycles. The van der Waals surface area contributed by atoms with Crippen molar-refractivity contribution in [3.8, 4) is 0 Å². The number of likely N-dealkylation sites (tertiary alicyclic amines) is 1. The van der Waals surface area contributed by atoms with Crippen molar-refractivity contribution in [1.82, 2.24) is 15.2 Å². The molecule has 4 rings (SSSR count). The zero-order valence-electron chi connectivity index (χ0n) is 17.4. The molecule has 7 heteroatoms. The van der Waals surface area contributed by atoms with Crippen molar-refractivity contribution < 1.29 is 9.59 Å². The average Bonchev–Trinajstić information content (AvgIpc) is 3.23. The molecule has 0 atom stereocenters. The van der Waals surface area contributed by atoms with Gasteiger partial charge in [-0.15, -0.1) is 11.3 Å². The maximum absolute atomic E-state index is 12.7. The highest BCUT2D eigenvalue weighted by atomic mass is 35.5. The first-order chi connectivity index (χ1) is 15.1. The highest BCUT2D eigenvalue weighted by Gasteiger charge is 2.24. The lowest BCUT2D eigenvalue weighted by atomic mass is 9.91. The Balaban J connectivity index is 1.14. The van der Waals surface area contributed by atoms with Gasteiger partial charge in [-0.3, -0.25) is 14.6 Å². The van der Waals surface area contributed by atoms with Crippen LogP contribution in [0.2, 0.25) is 5.02 Å². The Morgan fingerprint density at radius 1 is 1.16 bits per heavy atom. The molecule has 0 spiro atoms. The van der Waals surface area contributed by atoms with Crippen LogP contribution in [-0.4, -0.2) is 41.3 Å². The minimum Gasteiger partial charge on any atom is -0.351 e. The Kier molecular flexibility index (Phi) is 7.20. The van der Waals surface area contributed by atoms with E-state index in [0.29, 0.717) is 23.0 Å². The van der Waals surface area contributed by atoms with E-state index in [1.54, 1.807) is 24.5 Å². The molecule has 3 aromatic rings. The van der Waals surface area contributed by atoms with Crippen LogP contribution in [0.25, 0.3) is 10.1 Å². The maximum Gasteiger partial charge on any atom is 0.261 e. The van der Waals surface area contributed by atoms with E-state index in [0.717, 1.165) is 60.2 Å². The van der Waals surface area contributed by atoms with Crippen LogP contribution in [0, 0.1) is 5.92 Å². The smallest absolute Gasteiger partial charge is 0.261 e. The zero-order chi connectivity index (χ0) is 21.6. The lowest BCUT2D eigenvalue weighted by Crippen LogP contribution is -2.38. The van der Waals surface area contributed by atoms with Crippen LogP contribution < -0.4 is 5.32 Å². The predicted molar refractivity (Wildman–Crippen MR) is 126 cm³/mol. The van der Waals surface area contributed by atoms with Gasteiger partial charge in [0.1, 0.15) is 0 Å². The summed E-state index contributed by atoms with van der Waals surface area (Å²) < 4.78 is 1.03. The Hall–Kier alpha value is -2.44. The number of carbonyl (C=O) groups excluding carboxylic acids is 2. The first-order valence-corrected chi connectivity index (χ1v) is 12.0. The van der Waals surface area contributed by atoms with Gasteiger partial charge in [0, 0.05) is 32.0 Å². The quantitative estimate of drug-likeness (QED) is 0.485. The first kappa shape index (κ1) is 21.8. The number of nitrogens with one attached hydrogen (secondary N) is 1. The van der Waals surface area contributed by atoms with Crippen LogP contribution in [0.5, 0.6) is 0 Å². The fourth-order valence-corrected chi connectivity index (χ4v) is 5.24. The number of amides is 2. The summed E-state index contributed by atoms with van der Waals surface area (Å²) in [5.74, 6) is 0.664. The molecule has 1 fully saturated rings. The van der Waals surface area contributed by atoms with Gasteiger partial charge in [-0.1, -0.05) is 36.6 Å². The van der Waals surface area contributed by atoms with Gasteiger partial charge >= 0.3 is 0 Å². The minimum absolute atomic E-state index is 0.00686. The molecule has 2 amide bonds. The van der Waals surface area contributed by atoms with E-state index in [4.69, 9.17) is 11.6 Å². The molecule has 0 bridgehead atoms. The summed E-state index contributed by atoms with van der Waals surface area (Å²) >= 11 is 7.65. The molecule has 31 heavy (non-hydrogen) atoms. The molecule has 1 aliphatic heterocycles. The van der Waals surface area contributed by atoms with Crippen molar-refractivity contribution in [3.05, 3.63) is 64.3 Å². The van der Waals surface area contributed by atoms with Crippen molar-refractivity contribution in [1.29, 1.82) is 0 Å². The number of hydrogen-bond donors (Lipinski definition) is 1. The largest absolute Gasteiger partial charge is 0.351 e. The highest BCUT2D eigenvalue weighted by molar-refractivity contribution is 7.20. The normalized spacial score (nSPS) is 14.7. The van der Waals surface area contributed by atoms with E-state index in [9.17, 15) is 9.59 Å². The minimum atomic E-state index is -0.00686. The van der Waals surface area contributed by atoms with Crippen molar-refractivity contribution >= 4 is 44.8 Å².